The van der Waals surface area contributed by atoms with Crippen LogP contribution in [-0.2, 0) is 16.0 Å². The van der Waals surface area contributed by atoms with E-state index >= 15 is 0 Å². The lowest BCUT2D eigenvalue weighted by Gasteiger charge is -2.42. The molecule has 1 heterocycles. The van der Waals surface area contributed by atoms with E-state index in [0.717, 1.165) is 11.1 Å². The number of rotatable bonds is 10. The number of hydrogen-bond donors (Lipinski definition) is 3. The van der Waals surface area contributed by atoms with Gasteiger partial charge in [0.1, 0.15) is 6.04 Å². The Morgan fingerprint density at radius 1 is 1.00 bits per heavy atom. The number of halogens is 2. The van der Waals surface area contributed by atoms with Crippen molar-refractivity contribution in [3.05, 3.63) is 105 Å². The normalized spacial score (nSPS) is 15.8. The van der Waals surface area contributed by atoms with Crippen LogP contribution in [0.5, 0.6) is 0 Å². The first-order valence-corrected chi connectivity index (χ1v) is 13.3. The van der Waals surface area contributed by atoms with Gasteiger partial charge in [-0.05, 0) is 43.5 Å². The van der Waals surface area contributed by atoms with Gasteiger partial charge in [0.2, 0.25) is 0 Å². The molecular weight excluding hydrogens is 537 g/mol. The van der Waals surface area contributed by atoms with Crippen LogP contribution in [0.25, 0.3) is 0 Å². The first-order valence-electron chi connectivity index (χ1n) is 12.6. The van der Waals surface area contributed by atoms with Crippen LogP contribution < -0.4 is 10.6 Å². The molecule has 0 spiro atoms. The fourth-order valence-corrected chi connectivity index (χ4v) is 5.48. The lowest BCUT2D eigenvalue weighted by molar-refractivity contribution is -0.140. The van der Waals surface area contributed by atoms with Gasteiger partial charge in [0.25, 0.3) is 5.91 Å². The number of nitrogens with one attached hydrogen (secondary N) is 2. The number of anilines is 1. The summed E-state index contributed by atoms with van der Waals surface area (Å²) in [5, 5.41) is 16.5. The number of carbonyl (C=O) groups is 3. The van der Waals surface area contributed by atoms with Gasteiger partial charge in [0.15, 0.2) is 5.78 Å². The second-order valence-electron chi connectivity index (χ2n) is 10.00. The van der Waals surface area contributed by atoms with Crippen LogP contribution in [0, 0.1) is 5.41 Å². The lowest BCUT2D eigenvalue weighted by atomic mass is 9.67. The topological polar surface area (TPSA) is 108 Å². The summed E-state index contributed by atoms with van der Waals surface area (Å²) in [5.74, 6) is -1.87. The van der Waals surface area contributed by atoms with Gasteiger partial charge in [-0.2, -0.15) is 0 Å². The number of pyridine rings is 1. The predicted molar refractivity (Wildman–Crippen MR) is 152 cm³/mol. The minimum atomic E-state index is -1.01. The molecule has 3 aromatic rings. The van der Waals surface area contributed by atoms with E-state index < -0.39 is 29.3 Å². The van der Waals surface area contributed by atoms with Crippen molar-refractivity contribution in [1.29, 1.82) is 0 Å². The van der Waals surface area contributed by atoms with Crippen LogP contribution in [-0.4, -0.2) is 33.8 Å². The number of hydrogen-bond acceptors (Lipinski definition) is 5. The Kier molecular flexibility index (Phi) is 8.42. The zero-order valence-electron chi connectivity index (χ0n) is 21.8. The van der Waals surface area contributed by atoms with Crippen molar-refractivity contribution in [2.75, 3.05) is 5.32 Å². The number of allylic oxidation sites excluding steroid dienone is 2. The van der Waals surface area contributed by atoms with E-state index in [1.165, 1.54) is 12.4 Å². The minimum absolute atomic E-state index is 0.0144. The monoisotopic (exact) mass is 565 g/mol. The molecule has 1 aromatic heterocycles. The van der Waals surface area contributed by atoms with Crippen LogP contribution in [0.1, 0.15) is 54.6 Å². The van der Waals surface area contributed by atoms with Gasteiger partial charge < -0.3 is 15.7 Å². The second kappa shape index (κ2) is 11.6. The summed E-state index contributed by atoms with van der Waals surface area (Å²) in [6.45, 7) is 5.54. The highest BCUT2D eigenvalue weighted by Crippen LogP contribution is 2.43. The maximum absolute atomic E-state index is 12.9. The number of nitrogens with zero attached hydrogens (tertiary/aromatic N) is 1. The summed E-state index contributed by atoms with van der Waals surface area (Å²) >= 11 is 12.2. The highest BCUT2D eigenvalue weighted by atomic mass is 35.5. The van der Waals surface area contributed by atoms with Crippen molar-refractivity contribution in [3.8, 4) is 0 Å². The number of amides is 1. The Hall–Kier alpha value is -3.68. The third kappa shape index (κ3) is 5.84. The van der Waals surface area contributed by atoms with Crippen molar-refractivity contribution < 1.29 is 19.5 Å². The SMILES string of the molecule is CCC(c1ccc(NC(=O)c2c(Cl)cncc2Cl)cc1)[C@H](NC1=C(Cc2ccccc2)C(=O)C1(C)C)C(=O)O. The molecule has 0 bridgehead atoms. The molecule has 2 aromatic carbocycles. The molecule has 0 aliphatic heterocycles. The van der Waals surface area contributed by atoms with Gasteiger partial charge in [0, 0.05) is 41.7 Å². The van der Waals surface area contributed by atoms with Gasteiger partial charge in [-0.3, -0.25) is 14.6 Å². The van der Waals surface area contributed by atoms with Gasteiger partial charge in [-0.25, -0.2) is 4.79 Å². The molecule has 1 aliphatic rings. The fraction of sp³-hybridized carbons (Fsp3) is 0.267. The summed E-state index contributed by atoms with van der Waals surface area (Å²) in [4.78, 5) is 42.0. The van der Waals surface area contributed by atoms with Gasteiger partial charge in [-0.15, -0.1) is 0 Å². The molecule has 1 unspecified atom stereocenters. The quantitative estimate of drug-likeness (QED) is 0.267. The number of aliphatic carboxylic acids is 1. The number of aromatic nitrogens is 1. The van der Waals surface area contributed by atoms with Crippen molar-refractivity contribution in [1.82, 2.24) is 10.3 Å². The minimum Gasteiger partial charge on any atom is -0.480 e. The van der Waals surface area contributed by atoms with Crippen molar-refractivity contribution in [2.24, 2.45) is 5.41 Å². The maximum atomic E-state index is 12.9. The Labute approximate surface area is 237 Å². The number of carboxylic acids is 1. The largest absolute Gasteiger partial charge is 0.480 e. The zero-order valence-corrected chi connectivity index (χ0v) is 23.3. The molecule has 0 radical (unpaired) electrons. The van der Waals surface area contributed by atoms with Crippen molar-refractivity contribution in [3.63, 3.8) is 0 Å². The molecule has 1 aliphatic carbocycles. The first kappa shape index (κ1) is 28.3. The Bertz CT molecular complexity index is 1420. The summed E-state index contributed by atoms with van der Waals surface area (Å²) in [6.07, 6.45) is 3.66. The van der Waals surface area contributed by atoms with Crippen molar-refractivity contribution >= 4 is 46.5 Å². The molecule has 1 amide bonds. The van der Waals surface area contributed by atoms with Crippen LogP contribution in [0.4, 0.5) is 5.69 Å². The van der Waals surface area contributed by atoms with Crippen LogP contribution in [0.3, 0.4) is 0 Å². The Morgan fingerprint density at radius 3 is 2.18 bits per heavy atom. The lowest BCUT2D eigenvalue weighted by Crippen LogP contribution is -2.52. The predicted octanol–water partition coefficient (Wildman–Crippen LogP) is 6.28. The highest BCUT2D eigenvalue weighted by Gasteiger charge is 2.48. The summed E-state index contributed by atoms with van der Waals surface area (Å²) in [7, 11) is 0. The van der Waals surface area contributed by atoms with Crippen LogP contribution in [0.15, 0.2) is 78.3 Å². The van der Waals surface area contributed by atoms with E-state index in [4.69, 9.17) is 23.2 Å². The summed E-state index contributed by atoms with van der Waals surface area (Å²) < 4.78 is 0. The maximum Gasteiger partial charge on any atom is 0.326 e. The zero-order chi connectivity index (χ0) is 28.3. The van der Waals surface area contributed by atoms with E-state index in [2.05, 4.69) is 15.6 Å². The molecule has 0 saturated heterocycles. The number of benzene rings is 2. The third-order valence-electron chi connectivity index (χ3n) is 7.08. The molecule has 39 heavy (non-hydrogen) atoms. The molecule has 9 heteroatoms. The summed E-state index contributed by atoms with van der Waals surface area (Å²) in [6, 6.07) is 15.7. The Balaban J connectivity index is 1.56. The molecule has 7 nitrogen and oxygen atoms in total. The number of carboxylic acid groups (broad SMARTS) is 1. The average Bonchev–Trinajstić information content (AvgIpc) is 2.90. The van der Waals surface area contributed by atoms with Gasteiger partial charge in [0.05, 0.1) is 21.0 Å². The highest BCUT2D eigenvalue weighted by molar-refractivity contribution is 6.40. The standard InChI is InChI=1S/C30H29Cl2N3O4/c1-4-20(18-10-12-19(13-11-18)34-28(37)24-22(31)15-33-16-23(24)32)25(29(38)39)35-26-21(27(36)30(26,2)3)14-17-8-6-5-7-9-17/h5-13,15-16,20,25,35H,4,14H2,1-3H3,(H,34,37)(H,38,39)/t20?,25-/m0/s1. The molecule has 4 rings (SSSR count). The van der Waals surface area contributed by atoms with Crippen LogP contribution in [0.2, 0.25) is 10.0 Å². The van der Waals surface area contributed by atoms with Crippen molar-refractivity contribution in [2.45, 2.75) is 45.6 Å². The average molecular weight is 566 g/mol. The molecule has 0 saturated carbocycles. The van der Waals surface area contributed by atoms with E-state index in [9.17, 15) is 19.5 Å². The van der Waals surface area contributed by atoms with E-state index in [-0.39, 0.29) is 21.4 Å². The molecule has 202 valence electrons. The Morgan fingerprint density at radius 2 is 1.62 bits per heavy atom. The van der Waals surface area contributed by atoms with E-state index in [1.807, 2.05) is 51.1 Å². The molecule has 2 atom stereocenters. The number of ketones is 1. The smallest absolute Gasteiger partial charge is 0.326 e. The van der Waals surface area contributed by atoms with E-state index in [1.54, 1.807) is 24.3 Å². The number of Topliss-reactive ketones (excluding diaryl/α,β-unsaturated/α-hetero) is 1. The molecule has 0 fully saturated rings. The second-order valence-corrected chi connectivity index (χ2v) is 10.8. The summed E-state index contributed by atoms with van der Waals surface area (Å²) in [5.41, 5.74) is 2.87. The number of carbonyl (C=O) groups excluding carboxylic acids is 2. The first-order chi connectivity index (χ1) is 18.5. The van der Waals surface area contributed by atoms with Crippen LogP contribution >= 0.6 is 23.2 Å². The molecular formula is C30H29Cl2N3O4. The molecule has 3 N–H and O–H groups in total. The fourth-order valence-electron chi connectivity index (χ4n) is 4.94. The van der Waals surface area contributed by atoms with Gasteiger partial charge in [-0.1, -0.05) is 72.6 Å². The van der Waals surface area contributed by atoms with E-state index in [0.29, 0.717) is 29.8 Å². The van der Waals surface area contributed by atoms with Gasteiger partial charge >= 0.3 is 5.97 Å². The third-order valence-corrected chi connectivity index (χ3v) is 7.65.